The van der Waals surface area contributed by atoms with E-state index >= 15 is 0 Å². The van der Waals surface area contributed by atoms with E-state index in [2.05, 4.69) is 42.2 Å². The van der Waals surface area contributed by atoms with Crippen molar-refractivity contribution >= 4 is 37.6 Å². The van der Waals surface area contributed by atoms with Crippen LogP contribution in [0, 0.1) is 0 Å². The van der Waals surface area contributed by atoms with E-state index in [1.54, 1.807) is 18.2 Å². The smallest absolute Gasteiger partial charge is 0.282 e. The van der Waals surface area contributed by atoms with Crippen molar-refractivity contribution in [3.63, 3.8) is 0 Å². The molecule has 1 aromatic carbocycles. The summed E-state index contributed by atoms with van der Waals surface area (Å²) in [7, 11) is 0. The van der Waals surface area contributed by atoms with Gasteiger partial charge in [-0.3, -0.25) is 4.79 Å². The van der Waals surface area contributed by atoms with Crippen molar-refractivity contribution in [2.45, 2.75) is 6.18 Å². The highest BCUT2D eigenvalue weighted by molar-refractivity contribution is 9.11. The summed E-state index contributed by atoms with van der Waals surface area (Å²) in [6.07, 6.45) is -4.03. The molecular weight excluding hydrogens is 395 g/mol. The zero-order chi connectivity index (χ0) is 14.2. The summed E-state index contributed by atoms with van der Waals surface area (Å²) in [5, 5.41) is 6.75. The van der Waals surface area contributed by atoms with Gasteiger partial charge in [-0.05, 0) is 34.1 Å². The molecule has 0 radical (unpaired) electrons. The van der Waals surface area contributed by atoms with Crippen molar-refractivity contribution in [2.75, 3.05) is 0 Å². The molecule has 0 bridgehead atoms. The molecular formula is C10H4Br2F3N3O. The molecule has 0 aliphatic carbocycles. The zero-order valence-corrected chi connectivity index (χ0v) is 12.1. The molecule has 0 saturated carbocycles. The molecule has 0 saturated heterocycles. The monoisotopic (exact) mass is 397 g/mol. The molecule has 0 N–H and O–H groups in total. The normalized spacial score (nSPS) is 11.6. The zero-order valence-electron chi connectivity index (χ0n) is 8.95. The third-order valence-electron chi connectivity index (χ3n) is 2.14. The number of carbonyl (C=O) groups is 1. The predicted molar refractivity (Wildman–Crippen MR) is 67.1 cm³/mol. The van der Waals surface area contributed by atoms with Crippen molar-refractivity contribution in [2.24, 2.45) is 0 Å². The van der Waals surface area contributed by atoms with Gasteiger partial charge in [0.2, 0.25) is 0 Å². The van der Waals surface area contributed by atoms with Crippen LogP contribution < -0.4 is 0 Å². The first-order valence-electron chi connectivity index (χ1n) is 4.78. The van der Waals surface area contributed by atoms with Crippen LogP contribution in [0.5, 0.6) is 0 Å². The molecule has 0 aliphatic heterocycles. The minimum absolute atomic E-state index is 0.461. The Labute approximate surface area is 121 Å². The molecule has 0 aliphatic rings. The van der Waals surface area contributed by atoms with Crippen LogP contribution in [-0.4, -0.2) is 27.0 Å². The number of ketones is 1. The third-order valence-corrected chi connectivity index (χ3v) is 3.30. The number of aromatic nitrogens is 3. The lowest BCUT2D eigenvalue weighted by molar-refractivity contribution is -0.0888. The fourth-order valence-corrected chi connectivity index (χ4v) is 2.07. The summed E-state index contributed by atoms with van der Waals surface area (Å²) in [6, 6.07) is 5.05. The largest absolute Gasteiger partial charge is 0.456 e. The van der Waals surface area contributed by atoms with Gasteiger partial charge in [-0.2, -0.15) is 13.2 Å². The number of nitrogens with zero attached hydrogens (tertiary/aromatic N) is 3. The Balaban J connectivity index is 2.42. The fraction of sp³-hybridized carbons (Fsp3) is 0.100. The van der Waals surface area contributed by atoms with Crippen LogP contribution in [0.25, 0.3) is 5.69 Å². The Kier molecular flexibility index (Phi) is 3.77. The average Bonchev–Trinajstić information content (AvgIpc) is 2.79. The van der Waals surface area contributed by atoms with E-state index in [4.69, 9.17) is 0 Å². The van der Waals surface area contributed by atoms with Crippen LogP contribution in [0.4, 0.5) is 13.2 Å². The van der Waals surface area contributed by atoms with Gasteiger partial charge in [0, 0.05) is 8.95 Å². The summed E-state index contributed by atoms with van der Waals surface area (Å²) in [5.41, 5.74) is -0.289. The highest BCUT2D eigenvalue weighted by Crippen LogP contribution is 2.25. The molecule has 0 unspecified atom stereocenters. The Morgan fingerprint density at radius 1 is 1.26 bits per heavy atom. The van der Waals surface area contributed by atoms with E-state index in [-0.39, 0.29) is 0 Å². The molecule has 1 aromatic heterocycles. The average molecular weight is 399 g/mol. The summed E-state index contributed by atoms with van der Waals surface area (Å²) in [4.78, 5) is 11.0. The topological polar surface area (TPSA) is 47.8 Å². The first-order chi connectivity index (χ1) is 8.79. The van der Waals surface area contributed by atoms with Gasteiger partial charge in [0.15, 0.2) is 5.69 Å². The minimum Gasteiger partial charge on any atom is -0.282 e. The molecule has 100 valence electrons. The van der Waals surface area contributed by atoms with E-state index in [9.17, 15) is 18.0 Å². The summed E-state index contributed by atoms with van der Waals surface area (Å²) in [5.74, 6) is -2.02. The Morgan fingerprint density at radius 2 is 1.95 bits per heavy atom. The number of alkyl halides is 3. The SMILES string of the molecule is O=C(c1cn(-c2cc(Br)ccc2Br)nn1)C(F)(F)F. The quantitative estimate of drug-likeness (QED) is 0.727. The summed E-state index contributed by atoms with van der Waals surface area (Å²) >= 11 is 6.47. The van der Waals surface area contributed by atoms with E-state index in [1.807, 2.05) is 0 Å². The van der Waals surface area contributed by atoms with Crippen molar-refractivity contribution < 1.29 is 18.0 Å². The second kappa shape index (κ2) is 5.04. The van der Waals surface area contributed by atoms with Crippen LogP contribution in [0.2, 0.25) is 0 Å². The lowest BCUT2D eigenvalue weighted by atomic mass is 10.3. The van der Waals surface area contributed by atoms with Crippen molar-refractivity contribution in [1.82, 2.24) is 15.0 Å². The van der Waals surface area contributed by atoms with E-state index < -0.39 is 17.7 Å². The fourth-order valence-electron chi connectivity index (χ4n) is 1.29. The maximum atomic E-state index is 12.2. The second-order valence-corrected chi connectivity index (χ2v) is 5.24. The second-order valence-electron chi connectivity index (χ2n) is 3.47. The van der Waals surface area contributed by atoms with Gasteiger partial charge in [0.25, 0.3) is 5.78 Å². The highest BCUT2D eigenvalue weighted by atomic mass is 79.9. The van der Waals surface area contributed by atoms with Crippen LogP contribution in [0.1, 0.15) is 10.5 Å². The Morgan fingerprint density at radius 3 is 2.58 bits per heavy atom. The predicted octanol–water partition coefficient (Wildman–Crippen LogP) is 3.54. The van der Waals surface area contributed by atoms with Crippen molar-refractivity contribution in [3.05, 3.63) is 39.0 Å². The lowest BCUT2D eigenvalue weighted by Gasteiger charge is -2.03. The molecule has 9 heteroatoms. The maximum Gasteiger partial charge on any atom is 0.456 e. The molecule has 1 heterocycles. The Hall–Kier alpha value is -1.22. The number of benzene rings is 1. The summed E-state index contributed by atoms with van der Waals surface area (Å²) < 4.78 is 39.1. The molecule has 2 aromatic rings. The maximum absolute atomic E-state index is 12.2. The number of carbonyl (C=O) groups excluding carboxylic acids is 1. The standard InChI is InChI=1S/C10H4Br2F3N3O/c11-5-1-2-6(12)8(3-5)18-4-7(16-17-18)9(19)10(13,14)15/h1-4H. The first-order valence-corrected chi connectivity index (χ1v) is 6.37. The van der Waals surface area contributed by atoms with Crippen LogP contribution in [-0.2, 0) is 0 Å². The number of halogens is 5. The van der Waals surface area contributed by atoms with Gasteiger partial charge in [0.05, 0.1) is 11.9 Å². The Bertz CT molecular complexity index is 639. The molecule has 4 nitrogen and oxygen atoms in total. The van der Waals surface area contributed by atoms with Gasteiger partial charge in [-0.25, -0.2) is 4.68 Å². The first kappa shape index (κ1) is 14.2. The molecule has 19 heavy (non-hydrogen) atoms. The van der Waals surface area contributed by atoms with E-state index in [1.165, 1.54) is 0 Å². The van der Waals surface area contributed by atoms with Gasteiger partial charge < -0.3 is 0 Å². The van der Waals surface area contributed by atoms with Crippen molar-refractivity contribution in [3.8, 4) is 5.69 Å². The highest BCUT2D eigenvalue weighted by Gasteiger charge is 2.41. The number of Topliss-reactive ketones (excluding diaryl/α,β-unsaturated/α-hetero) is 1. The van der Waals surface area contributed by atoms with Gasteiger partial charge in [-0.1, -0.05) is 21.1 Å². The van der Waals surface area contributed by atoms with Crippen molar-refractivity contribution in [1.29, 1.82) is 0 Å². The third kappa shape index (κ3) is 3.03. The van der Waals surface area contributed by atoms with Crippen LogP contribution in [0.3, 0.4) is 0 Å². The molecule has 0 amide bonds. The summed E-state index contributed by atoms with van der Waals surface area (Å²) in [6.45, 7) is 0. The molecule has 0 fully saturated rings. The lowest BCUT2D eigenvalue weighted by Crippen LogP contribution is -2.23. The van der Waals surface area contributed by atoms with Gasteiger partial charge in [0.1, 0.15) is 0 Å². The molecule has 0 spiro atoms. The number of hydrogen-bond acceptors (Lipinski definition) is 3. The molecule has 0 atom stereocenters. The van der Waals surface area contributed by atoms with Crippen LogP contribution >= 0.6 is 31.9 Å². The van der Waals surface area contributed by atoms with Gasteiger partial charge >= 0.3 is 6.18 Å². The van der Waals surface area contributed by atoms with Gasteiger partial charge in [-0.15, -0.1) is 5.10 Å². The minimum atomic E-state index is -4.96. The number of rotatable bonds is 2. The van der Waals surface area contributed by atoms with E-state index in [0.29, 0.717) is 14.6 Å². The van der Waals surface area contributed by atoms with E-state index in [0.717, 1.165) is 10.9 Å². The molecule has 2 rings (SSSR count). The van der Waals surface area contributed by atoms with Crippen LogP contribution in [0.15, 0.2) is 33.3 Å². The number of hydrogen-bond donors (Lipinski definition) is 0.